The molecule has 0 aliphatic heterocycles. The van der Waals surface area contributed by atoms with Gasteiger partial charge in [0.15, 0.2) is 16.7 Å². The smallest absolute Gasteiger partial charge is 0.161 e. The van der Waals surface area contributed by atoms with Crippen LogP contribution in [0.15, 0.2) is 487 Å². The third-order valence-electron chi connectivity index (χ3n) is 25.8. The fourth-order valence-electron chi connectivity index (χ4n) is 19.7. The molecule has 27 rings (SSSR count). The second-order valence-corrected chi connectivity index (χ2v) is 33.6. The fourth-order valence-corrected chi connectivity index (χ4v) is 19.7. The van der Waals surface area contributed by atoms with Crippen LogP contribution in [0.1, 0.15) is 0 Å². The van der Waals surface area contributed by atoms with Gasteiger partial charge in [-0.3, -0.25) is 9.97 Å². The van der Waals surface area contributed by atoms with E-state index in [2.05, 4.69) is 430 Å². The Morgan fingerprint density at radius 3 is 0.879 bits per heavy atom. The Morgan fingerprint density at radius 1 is 0.167 bits per heavy atom. The van der Waals surface area contributed by atoms with Crippen molar-refractivity contribution in [3.63, 3.8) is 0 Å². The quantitative estimate of drug-likeness (QED) is 0.121. The van der Waals surface area contributed by atoms with Gasteiger partial charge in [0, 0.05) is 100 Å². The van der Waals surface area contributed by atoms with Crippen molar-refractivity contribution in [3.8, 4) is 117 Å². The molecule has 9 heteroatoms. The van der Waals surface area contributed by atoms with Gasteiger partial charge >= 0.3 is 0 Å². The fraction of sp³-hybridized carbons (Fsp3) is 0. The zero-order valence-electron chi connectivity index (χ0n) is 71.4. The summed E-state index contributed by atoms with van der Waals surface area (Å²) in [6.45, 7) is 0. The van der Waals surface area contributed by atoms with Gasteiger partial charge in [0.2, 0.25) is 0 Å². The Bertz CT molecular complexity index is 8660. The van der Waals surface area contributed by atoms with E-state index >= 15 is 0 Å². The largest absolute Gasteiger partial charge is 0.454 e. The molecule has 0 radical (unpaired) electrons. The highest BCUT2D eigenvalue weighted by atomic mass is 16.3. The van der Waals surface area contributed by atoms with Crippen molar-refractivity contribution < 1.29 is 13.3 Å². The number of rotatable bonds is 12. The van der Waals surface area contributed by atoms with Crippen LogP contribution < -0.4 is 0 Å². The van der Waals surface area contributed by atoms with E-state index in [-0.39, 0.29) is 0 Å². The molecule has 0 unspecified atom stereocenters. The average Bonchev–Trinajstić information content (AvgIpc) is 1.60. The molecule has 18 aromatic carbocycles. The van der Waals surface area contributed by atoms with Crippen LogP contribution in [0.5, 0.6) is 0 Å². The van der Waals surface area contributed by atoms with Gasteiger partial charge in [-0.05, 0) is 230 Å². The zero-order valence-corrected chi connectivity index (χ0v) is 71.4. The average molecular weight is 1690 g/mol. The van der Waals surface area contributed by atoms with Crippen LogP contribution in [0.3, 0.4) is 0 Å². The predicted molar refractivity (Wildman–Crippen MR) is 546 cm³/mol. The SMILES string of the molecule is c1ccc(-c2cc(-c3cccc(-c4cccc(-n5c6ccccc6c6ccccc65)c4)c3)c3oc4cccnc4c3c2)cc1.c1ccc(-c2cc(-c3cccc(-c4cccc(-n5c6ccccc6c6ccccc65)c4)c3)cc3c2oc2cccnc23)cc1.c1ccc(-c2cc(-c3cccc(-c4cccc(-n5c6ccccc6c6ccccc65)c4)c3)nc3c2oc2ccccc23)cc1. The summed E-state index contributed by atoms with van der Waals surface area (Å²) in [4.78, 5) is 14.6. The van der Waals surface area contributed by atoms with Gasteiger partial charge in [-0.1, -0.05) is 303 Å². The molecule has 618 valence electrons. The summed E-state index contributed by atoms with van der Waals surface area (Å²) in [5.74, 6) is 0. The van der Waals surface area contributed by atoms with E-state index in [4.69, 9.17) is 18.2 Å². The molecule has 27 aromatic rings. The number of benzene rings is 18. The lowest BCUT2D eigenvalue weighted by Gasteiger charge is -2.12. The van der Waals surface area contributed by atoms with Gasteiger partial charge in [-0.25, -0.2) is 4.98 Å². The Balaban J connectivity index is 0.000000106. The summed E-state index contributed by atoms with van der Waals surface area (Å²) in [5, 5.41) is 10.7. The minimum absolute atomic E-state index is 0.795. The third-order valence-corrected chi connectivity index (χ3v) is 25.8. The van der Waals surface area contributed by atoms with Crippen LogP contribution in [0.2, 0.25) is 0 Å². The Labute approximate surface area is 759 Å². The van der Waals surface area contributed by atoms with Crippen molar-refractivity contribution in [1.82, 2.24) is 28.7 Å². The monoisotopic (exact) mass is 1690 g/mol. The van der Waals surface area contributed by atoms with Crippen molar-refractivity contribution in [1.29, 1.82) is 0 Å². The molecule has 0 fully saturated rings. The Hall–Kier alpha value is -17.8. The van der Waals surface area contributed by atoms with Crippen LogP contribution in [-0.2, 0) is 0 Å². The van der Waals surface area contributed by atoms with Gasteiger partial charge in [-0.15, -0.1) is 0 Å². The molecule has 0 amide bonds. The molecular formula is C123H78N6O3. The molecule has 0 bridgehead atoms. The molecule has 0 saturated heterocycles. The van der Waals surface area contributed by atoms with E-state index in [0.717, 1.165) is 172 Å². The number of para-hydroxylation sites is 7. The molecule has 9 nitrogen and oxygen atoms in total. The van der Waals surface area contributed by atoms with E-state index in [1.165, 1.54) is 76.5 Å². The number of nitrogens with zero attached hydrogens (tertiary/aromatic N) is 6. The molecule has 0 aliphatic rings. The molecule has 9 heterocycles. The maximum Gasteiger partial charge on any atom is 0.161 e. The number of fused-ring (bicyclic) bond motifs is 18. The van der Waals surface area contributed by atoms with Crippen LogP contribution in [0, 0.1) is 0 Å². The molecule has 132 heavy (non-hydrogen) atoms. The third kappa shape index (κ3) is 13.5. The highest BCUT2D eigenvalue weighted by molar-refractivity contribution is 6.15. The Morgan fingerprint density at radius 2 is 0.455 bits per heavy atom. The standard InChI is InChI=1S/3C41H26N2O/c1-2-12-27(13-3-1)35-26-36(42-40-34-20-6-9-23-39(34)44-41(35)40)30-16-10-14-28(24-30)29-15-11-17-31(25-29)43-37-21-7-4-18-32(37)33-19-5-8-22-38(33)43;1-2-11-27(12-3-1)31-25-35(41-36(26-31)40-39(44-41)21-10-22-42-40)30-15-8-13-28(23-30)29-14-9-16-32(24-29)43-37-19-6-4-17-33(37)34-18-5-7-20-38(34)43;1-2-11-27(12-3-1)35-25-31(26-36-40-39(44-41(35)36)21-10-22-42-40)29-14-8-13-28(23-29)30-15-9-16-32(24-30)43-37-19-6-4-17-33(37)34-18-5-7-20-38(34)43/h3*1-26H. The molecule has 0 saturated carbocycles. The number of hydrogen-bond acceptors (Lipinski definition) is 6. The maximum atomic E-state index is 6.46. The highest BCUT2D eigenvalue weighted by Crippen LogP contribution is 2.46. The number of furan rings is 3. The van der Waals surface area contributed by atoms with E-state index < -0.39 is 0 Å². The van der Waals surface area contributed by atoms with Crippen LogP contribution in [0.4, 0.5) is 0 Å². The number of hydrogen-bond donors (Lipinski definition) is 0. The summed E-state index contributed by atoms with van der Waals surface area (Å²) < 4.78 is 26.3. The van der Waals surface area contributed by atoms with Crippen molar-refractivity contribution in [2.24, 2.45) is 0 Å². The number of aromatic nitrogens is 6. The van der Waals surface area contributed by atoms with Crippen molar-refractivity contribution in [3.05, 3.63) is 473 Å². The second kappa shape index (κ2) is 32.3. The van der Waals surface area contributed by atoms with E-state index in [1.54, 1.807) is 0 Å². The lowest BCUT2D eigenvalue weighted by molar-refractivity contribution is 0.669. The molecule has 0 atom stereocenters. The van der Waals surface area contributed by atoms with Crippen molar-refractivity contribution >= 4 is 132 Å². The van der Waals surface area contributed by atoms with E-state index in [1.807, 2.05) is 67.0 Å². The molecule has 0 spiro atoms. The lowest BCUT2D eigenvalue weighted by atomic mass is 9.94. The maximum absolute atomic E-state index is 6.46. The van der Waals surface area contributed by atoms with Gasteiger partial charge in [0.05, 0.1) is 38.8 Å². The van der Waals surface area contributed by atoms with E-state index in [0.29, 0.717) is 0 Å². The van der Waals surface area contributed by atoms with Crippen LogP contribution in [-0.4, -0.2) is 28.7 Å². The first-order valence-electron chi connectivity index (χ1n) is 44.6. The summed E-state index contributed by atoms with van der Waals surface area (Å²) in [6.07, 6.45) is 3.66. The molecular weight excluding hydrogens is 1610 g/mol. The first kappa shape index (κ1) is 76.6. The lowest BCUT2D eigenvalue weighted by Crippen LogP contribution is -1.94. The summed E-state index contributed by atoms with van der Waals surface area (Å²) in [5.41, 5.74) is 38.3. The zero-order chi connectivity index (χ0) is 87.1. The van der Waals surface area contributed by atoms with E-state index in [9.17, 15) is 0 Å². The summed E-state index contributed by atoms with van der Waals surface area (Å²) in [7, 11) is 0. The minimum atomic E-state index is 0.795. The number of pyridine rings is 3. The first-order valence-corrected chi connectivity index (χ1v) is 44.6. The van der Waals surface area contributed by atoms with Gasteiger partial charge in [0.1, 0.15) is 33.3 Å². The highest BCUT2D eigenvalue weighted by Gasteiger charge is 2.24. The van der Waals surface area contributed by atoms with Gasteiger partial charge in [0.25, 0.3) is 0 Å². The summed E-state index contributed by atoms with van der Waals surface area (Å²) >= 11 is 0. The molecule has 0 N–H and O–H groups in total. The minimum Gasteiger partial charge on any atom is -0.454 e. The second-order valence-electron chi connectivity index (χ2n) is 33.6. The predicted octanol–water partition coefficient (Wildman–Crippen LogP) is 33.2. The normalized spacial score (nSPS) is 11.6. The van der Waals surface area contributed by atoms with Gasteiger partial charge < -0.3 is 27.0 Å². The van der Waals surface area contributed by atoms with Crippen molar-refractivity contribution in [2.45, 2.75) is 0 Å². The summed E-state index contributed by atoms with van der Waals surface area (Å²) in [6, 6.07) is 163. The topological polar surface area (TPSA) is 92.9 Å². The van der Waals surface area contributed by atoms with Gasteiger partial charge in [-0.2, -0.15) is 0 Å². The van der Waals surface area contributed by atoms with Crippen LogP contribution >= 0.6 is 0 Å². The molecule has 0 aliphatic carbocycles. The Kier molecular flexibility index (Phi) is 18.7. The van der Waals surface area contributed by atoms with Crippen molar-refractivity contribution in [2.75, 3.05) is 0 Å². The first-order chi connectivity index (χ1) is 65.4. The molecule has 9 aromatic heterocycles. The van der Waals surface area contributed by atoms with Crippen LogP contribution in [0.25, 0.3) is 249 Å².